The molecule has 28 heavy (non-hydrogen) atoms. The smallest absolute Gasteiger partial charge is 0.330 e. The average Bonchev–Trinajstić information content (AvgIpc) is 3.35. The van der Waals surface area contributed by atoms with Gasteiger partial charge in [-0.3, -0.25) is 9.59 Å². The molecule has 0 N–H and O–H groups in total. The molecule has 1 aromatic carbocycles. The molecule has 1 aliphatic heterocycles. The van der Waals surface area contributed by atoms with E-state index in [1.807, 2.05) is 30.3 Å². The SMILES string of the molecule is CC(=O)N1[C@@H](c2ccco2)SC[C@H]1C(=O)OCC(=O)N(C)Cc1ccccc1. The lowest BCUT2D eigenvalue weighted by Gasteiger charge is -2.26. The number of furan rings is 1. The number of hydrogen-bond donors (Lipinski definition) is 0. The van der Waals surface area contributed by atoms with Gasteiger partial charge in [0.2, 0.25) is 5.91 Å². The Hall–Kier alpha value is -2.74. The van der Waals surface area contributed by atoms with Crippen LogP contribution in [0.25, 0.3) is 0 Å². The number of carbonyl (C=O) groups excluding carboxylic acids is 3. The molecular formula is C20H22N2O5S. The van der Waals surface area contributed by atoms with Crippen molar-refractivity contribution in [2.24, 2.45) is 0 Å². The summed E-state index contributed by atoms with van der Waals surface area (Å²) in [5.41, 5.74) is 0.987. The van der Waals surface area contributed by atoms with E-state index >= 15 is 0 Å². The molecule has 1 fully saturated rings. The molecule has 0 aliphatic carbocycles. The first-order chi connectivity index (χ1) is 13.5. The van der Waals surface area contributed by atoms with E-state index in [1.54, 1.807) is 19.2 Å². The second-order valence-electron chi connectivity index (χ2n) is 6.49. The van der Waals surface area contributed by atoms with Crippen LogP contribution >= 0.6 is 11.8 Å². The second kappa shape index (κ2) is 8.97. The Morgan fingerprint density at radius 3 is 2.61 bits per heavy atom. The lowest BCUT2D eigenvalue weighted by atomic mass is 10.2. The molecule has 8 heteroatoms. The van der Waals surface area contributed by atoms with Crippen molar-refractivity contribution in [3.8, 4) is 0 Å². The van der Waals surface area contributed by atoms with Gasteiger partial charge in [-0.15, -0.1) is 11.8 Å². The van der Waals surface area contributed by atoms with Crippen molar-refractivity contribution in [3.05, 3.63) is 60.1 Å². The number of benzene rings is 1. The van der Waals surface area contributed by atoms with Gasteiger partial charge in [-0.05, 0) is 17.7 Å². The number of ether oxygens (including phenoxy) is 1. The first-order valence-corrected chi connectivity index (χ1v) is 9.90. The molecule has 2 aromatic rings. The van der Waals surface area contributed by atoms with Gasteiger partial charge in [0, 0.05) is 26.3 Å². The van der Waals surface area contributed by atoms with Crippen LogP contribution in [0.15, 0.2) is 53.1 Å². The van der Waals surface area contributed by atoms with Gasteiger partial charge >= 0.3 is 5.97 Å². The summed E-state index contributed by atoms with van der Waals surface area (Å²) in [5.74, 6) is -0.147. The van der Waals surface area contributed by atoms with Crippen LogP contribution in [0.5, 0.6) is 0 Å². The standard InChI is InChI=1S/C20H22N2O5S/c1-14(23)22-16(13-28-19(22)17-9-6-10-26-17)20(25)27-12-18(24)21(2)11-15-7-4-3-5-8-15/h3-10,16,19H,11-13H2,1-2H3/t16-,19+/m0/s1. The van der Waals surface area contributed by atoms with Crippen molar-refractivity contribution in [2.45, 2.75) is 24.9 Å². The zero-order valence-corrected chi connectivity index (χ0v) is 16.6. The Labute approximate surface area is 167 Å². The van der Waals surface area contributed by atoms with Gasteiger partial charge < -0.3 is 19.0 Å². The first kappa shape index (κ1) is 20.0. The van der Waals surface area contributed by atoms with Crippen molar-refractivity contribution < 1.29 is 23.5 Å². The fourth-order valence-corrected chi connectivity index (χ4v) is 4.42. The molecule has 2 heterocycles. The maximum atomic E-state index is 12.5. The van der Waals surface area contributed by atoms with E-state index in [9.17, 15) is 14.4 Å². The lowest BCUT2D eigenvalue weighted by molar-refractivity contribution is -0.158. The van der Waals surface area contributed by atoms with Gasteiger partial charge in [-0.25, -0.2) is 4.79 Å². The average molecular weight is 402 g/mol. The number of likely N-dealkylation sites (N-methyl/N-ethyl adjacent to an activating group) is 1. The van der Waals surface area contributed by atoms with Crippen molar-refractivity contribution in [1.29, 1.82) is 0 Å². The van der Waals surface area contributed by atoms with E-state index in [0.717, 1.165) is 5.56 Å². The summed E-state index contributed by atoms with van der Waals surface area (Å²) in [7, 11) is 1.66. The molecule has 1 aromatic heterocycles. The molecule has 0 unspecified atom stereocenters. The highest BCUT2D eigenvalue weighted by molar-refractivity contribution is 7.99. The maximum Gasteiger partial charge on any atom is 0.330 e. The summed E-state index contributed by atoms with van der Waals surface area (Å²) in [4.78, 5) is 39.9. The van der Waals surface area contributed by atoms with E-state index in [0.29, 0.717) is 18.1 Å². The Balaban J connectivity index is 1.56. The van der Waals surface area contributed by atoms with Crippen molar-refractivity contribution in [2.75, 3.05) is 19.4 Å². The van der Waals surface area contributed by atoms with E-state index in [2.05, 4.69) is 0 Å². The van der Waals surface area contributed by atoms with E-state index in [4.69, 9.17) is 9.15 Å². The third kappa shape index (κ3) is 4.56. The quantitative estimate of drug-likeness (QED) is 0.691. The summed E-state index contributed by atoms with van der Waals surface area (Å²) in [6.07, 6.45) is 1.53. The number of nitrogens with zero attached hydrogens (tertiary/aromatic N) is 2. The highest BCUT2D eigenvalue weighted by Crippen LogP contribution is 2.41. The Bertz CT molecular complexity index is 824. The van der Waals surface area contributed by atoms with Crippen LogP contribution in [0.2, 0.25) is 0 Å². The summed E-state index contributed by atoms with van der Waals surface area (Å²) in [5, 5.41) is -0.374. The lowest BCUT2D eigenvalue weighted by Crippen LogP contribution is -2.43. The maximum absolute atomic E-state index is 12.5. The second-order valence-corrected chi connectivity index (χ2v) is 7.60. The Morgan fingerprint density at radius 1 is 1.21 bits per heavy atom. The molecule has 1 saturated heterocycles. The molecule has 7 nitrogen and oxygen atoms in total. The van der Waals surface area contributed by atoms with Crippen molar-refractivity contribution >= 4 is 29.5 Å². The molecule has 3 rings (SSSR count). The van der Waals surface area contributed by atoms with Crippen molar-refractivity contribution in [3.63, 3.8) is 0 Å². The largest absolute Gasteiger partial charge is 0.466 e. The van der Waals surface area contributed by atoms with Crippen LogP contribution in [-0.2, 0) is 25.7 Å². The summed E-state index contributed by atoms with van der Waals surface area (Å²) >= 11 is 1.43. The number of hydrogen-bond acceptors (Lipinski definition) is 6. The van der Waals surface area contributed by atoms with Gasteiger partial charge in [0.25, 0.3) is 5.91 Å². The molecule has 148 valence electrons. The zero-order chi connectivity index (χ0) is 20.1. The number of carbonyl (C=O) groups is 3. The van der Waals surface area contributed by atoms with Crippen LogP contribution in [0, 0.1) is 0 Å². The minimum atomic E-state index is -0.746. The van der Waals surface area contributed by atoms with E-state index in [-0.39, 0.29) is 23.8 Å². The molecule has 0 spiro atoms. The summed E-state index contributed by atoms with van der Waals surface area (Å²) < 4.78 is 10.6. The normalized spacial score (nSPS) is 18.7. The number of rotatable bonds is 6. The molecular weight excluding hydrogens is 380 g/mol. The number of amides is 2. The molecule has 0 radical (unpaired) electrons. The van der Waals surface area contributed by atoms with Gasteiger partial charge in [0.1, 0.15) is 17.2 Å². The highest BCUT2D eigenvalue weighted by Gasteiger charge is 2.43. The van der Waals surface area contributed by atoms with Gasteiger partial charge in [-0.2, -0.15) is 0 Å². The molecule has 2 amide bonds. The van der Waals surface area contributed by atoms with Crippen LogP contribution < -0.4 is 0 Å². The van der Waals surface area contributed by atoms with Crippen LogP contribution in [0.3, 0.4) is 0 Å². The Morgan fingerprint density at radius 2 is 1.96 bits per heavy atom. The predicted molar refractivity (Wildman–Crippen MR) is 104 cm³/mol. The van der Waals surface area contributed by atoms with E-state index in [1.165, 1.54) is 34.7 Å². The number of esters is 1. The molecule has 0 bridgehead atoms. The fraction of sp³-hybridized carbons (Fsp3) is 0.350. The monoisotopic (exact) mass is 402 g/mol. The van der Waals surface area contributed by atoms with Crippen LogP contribution in [-0.4, -0.2) is 53.0 Å². The molecule has 2 atom stereocenters. The third-order valence-electron chi connectivity index (χ3n) is 4.45. The van der Waals surface area contributed by atoms with E-state index < -0.39 is 12.0 Å². The van der Waals surface area contributed by atoms with Gasteiger partial charge in [0.05, 0.1) is 6.26 Å². The van der Waals surface area contributed by atoms with Crippen LogP contribution in [0.1, 0.15) is 23.6 Å². The summed E-state index contributed by atoms with van der Waals surface area (Å²) in [6, 6.07) is 12.3. The molecule has 0 saturated carbocycles. The van der Waals surface area contributed by atoms with Crippen molar-refractivity contribution in [1.82, 2.24) is 9.80 Å². The van der Waals surface area contributed by atoms with Crippen LogP contribution in [0.4, 0.5) is 0 Å². The predicted octanol–water partition coefficient (Wildman–Crippen LogP) is 2.44. The minimum absolute atomic E-state index is 0.249. The Kier molecular flexibility index (Phi) is 6.41. The third-order valence-corrected chi connectivity index (χ3v) is 5.73. The van der Waals surface area contributed by atoms with Gasteiger partial charge in [0.15, 0.2) is 6.61 Å². The minimum Gasteiger partial charge on any atom is -0.466 e. The number of thioether (sulfide) groups is 1. The molecule has 1 aliphatic rings. The highest BCUT2D eigenvalue weighted by atomic mass is 32.2. The fourth-order valence-electron chi connectivity index (χ4n) is 3.01. The summed E-state index contributed by atoms with van der Waals surface area (Å²) in [6.45, 7) is 1.47. The topological polar surface area (TPSA) is 80.1 Å². The first-order valence-electron chi connectivity index (χ1n) is 8.86. The zero-order valence-electron chi connectivity index (χ0n) is 15.7. The van der Waals surface area contributed by atoms with Gasteiger partial charge in [-0.1, -0.05) is 30.3 Å².